The highest BCUT2D eigenvalue weighted by Gasteiger charge is 2.36. The third-order valence-electron chi connectivity index (χ3n) is 6.12. The second-order valence-corrected chi connectivity index (χ2v) is 10.6. The lowest BCUT2D eigenvalue weighted by Crippen LogP contribution is -2.50. The maximum absolute atomic E-state index is 14.2. The standard InChI is InChI=1S/C27H31ClF3N5O2/c1-26(2,3)38-25(37)36-11-9-35(10-12-36)23-8-6-19(14-21(23)27(29,30)31)34-24-17(15-32-4)16-33-22-7-5-18(28)13-20(22)24/h5-8,13-14,16,32H,9-12,15H2,1-4H3,(H,33,34). The highest BCUT2D eigenvalue weighted by molar-refractivity contribution is 6.31. The number of carbonyl (C=O) groups is 1. The SMILES string of the molecule is CNCc1cnc2ccc(Cl)cc2c1Nc1ccc(N2CCN(C(=O)OC(C)(C)C)CC2)c(C(F)(F)F)c1. The van der Waals surface area contributed by atoms with Crippen LogP contribution in [0.2, 0.25) is 5.02 Å². The van der Waals surface area contributed by atoms with E-state index in [1.54, 1.807) is 63.2 Å². The van der Waals surface area contributed by atoms with Gasteiger partial charge < -0.3 is 25.2 Å². The maximum atomic E-state index is 14.2. The van der Waals surface area contributed by atoms with E-state index in [1.807, 2.05) is 0 Å². The molecule has 0 aliphatic carbocycles. The van der Waals surface area contributed by atoms with Crippen molar-refractivity contribution in [2.45, 2.75) is 39.1 Å². The molecule has 11 heteroatoms. The van der Waals surface area contributed by atoms with Gasteiger partial charge in [0.15, 0.2) is 0 Å². The molecule has 1 aliphatic heterocycles. The van der Waals surface area contributed by atoms with Gasteiger partial charge in [-0.1, -0.05) is 11.6 Å². The first-order chi connectivity index (χ1) is 17.9. The summed E-state index contributed by atoms with van der Waals surface area (Å²) < 4.78 is 48.1. The Balaban J connectivity index is 1.62. The molecule has 1 fully saturated rings. The van der Waals surface area contributed by atoms with Crippen molar-refractivity contribution < 1.29 is 22.7 Å². The number of amides is 1. The van der Waals surface area contributed by atoms with E-state index in [4.69, 9.17) is 16.3 Å². The molecule has 2 N–H and O–H groups in total. The molecule has 0 unspecified atom stereocenters. The van der Waals surface area contributed by atoms with Crippen molar-refractivity contribution >= 4 is 45.7 Å². The van der Waals surface area contributed by atoms with Gasteiger partial charge in [0.05, 0.1) is 16.8 Å². The minimum Gasteiger partial charge on any atom is -0.444 e. The Hall–Kier alpha value is -3.24. The number of alkyl halides is 3. The number of rotatable bonds is 5. The minimum absolute atomic E-state index is 0.0740. The van der Waals surface area contributed by atoms with Gasteiger partial charge >= 0.3 is 12.3 Å². The first kappa shape index (κ1) is 27.8. The molecule has 0 bridgehead atoms. The van der Waals surface area contributed by atoms with Crippen LogP contribution < -0.4 is 15.5 Å². The summed E-state index contributed by atoms with van der Waals surface area (Å²) in [6, 6.07) is 9.46. The normalized spacial score (nSPS) is 14.6. The molecule has 2 heterocycles. The lowest BCUT2D eigenvalue weighted by Gasteiger charge is -2.37. The Morgan fingerprint density at radius 3 is 2.42 bits per heavy atom. The highest BCUT2D eigenvalue weighted by atomic mass is 35.5. The molecule has 3 aromatic rings. The van der Waals surface area contributed by atoms with Gasteiger partial charge in [-0.15, -0.1) is 0 Å². The number of piperazine rings is 1. The van der Waals surface area contributed by atoms with Crippen LogP contribution in [0.4, 0.5) is 35.0 Å². The van der Waals surface area contributed by atoms with Crippen molar-refractivity contribution in [3.63, 3.8) is 0 Å². The zero-order valence-electron chi connectivity index (χ0n) is 21.7. The Kier molecular flexibility index (Phi) is 7.94. The molecule has 204 valence electrons. The second-order valence-electron chi connectivity index (χ2n) is 10.2. The number of benzene rings is 2. The molecule has 38 heavy (non-hydrogen) atoms. The van der Waals surface area contributed by atoms with E-state index >= 15 is 0 Å². The zero-order valence-corrected chi connectivity index (χ0v) is 22.5. The number of pyridine rings is 1. The van der Waals surface area contributed by atoms with Crippen LogP contribution in [0.5, 0.6) is 0 Å². The zero-order chi connectivity index (χ0) is 27.7. The molecule has 7 nitrogen and oxygen atoms in total. The Morgan fingerprint density at radius 2 is 1.79 bits per heavy atom. The van der Waals surface area contributed by atoms with Crippen molar-refractivity contribution in [3.05, 3.63) is 58.7 Å². The van der Waals surface area contributed by atoms with Crippen molar-refractivity contribution in [2.75, 3.05) is 43.4 Å². The van der Waals surface area contributed by atoms with Gasteiger partial charge in [0.1, 0.15) is 5.60 Å². The van der Waals surface area contributed by atoms with Crippen molar-refractivity contribution in [1.82, 2.24) is 15.2 Å². The van der Waals surface area contributed by atoms with E-state index in [1.165, 1.54) is 11.0 Å². The quantitative estimate of drug-likeness (QED) is 0.382. The van der Waals surface area contributed by atoms with Gasteiger partial charge in [-0.25, -0.2) is 4.79 Å². The molecule has 1 aliphatic rings. The lowest BCUT2D eigenvalue weighted by atomic mass is 10.1. The fourth-order valence-corrected chi connectivity index (χ4v) is 4.57. The minimum atomic E-state index is -4.58. The number of hydrogen-bond donors (Lipinski definition) is 2. The van der Waals surface area contributed by atoms with Gasteiger partial charge in [0.2, 0.25) is 0 Å². The van der Waals surface area contributed by atoms with Gasteiger partial charge in [-0.05, 0) is 64.2 Å². The van der Waals surface area contributed by atoms with Crippen molar-refractivity contribution in [2.24, 2.45) is 0 Å². The highest BCUT2D eigenvalue weighted by Crippen LogP contribution is 2.40. The molecule has 0 spiro atoms. The molecular formula is C27H31ClF3N5O2. The Morgan fingerprint density at radius 1 is 1.08 bits per heavy atom. The maximum Gasteiger partial charge on any atom is 0.418 e. The summed E-state index contributed by atoms with van der Waals surface area (Å²) in [6.07, 6.45) is -3.35. The summed E-state index contributed by atoms with van der Waals surface area (Å²) in [5.74, 6) is 0. The van der Waals surface area contributed by atoms with Crippen LogP contribution in [-0.2, 0) is 17.5 Å². The molecule has 1 amide bonds. The monoisotopic (exact) mass is 549 g/mol. The van der Waals surface area contributed by atoms with E-state index in [0.29, 0.717) is 33.8 Å². The van der Waals surface area contributed by atoms with Crippen LogP contribution in [0.15, 0.2) is 42.6 Å². The van der Waals surface area contributed by atoms with E-state index < -0.39 is 23.4 Å². The average molecular weight is 550 g/mol. The average Bonchev–Trinajstić information content (AvgIpc) is 2.84. The summed E-state index contributed by atoms with van der Waals surface area (Å²) >= 11 is 6.22. The van der Waals surface area contributed by atoms with Crippen molar-refractivity contribution in [3.8, 4) is 0 Å². The Bertz CT molecular complexity index is 1320. The third kappa shape index (κ3) is 6.42. The van der Waals surface area contributed by atoms with Crippen LogP contribution >= 0.6 is 11.6 Å². The summed E-state index contributed by atoms with van der Waals surface area (Å²) in [6.45, 7) is 6.84. The van der Waals surface area contributed by atoms with Crippen LogP contribution in [0.1, 0.15) is 31.9 Å². The molecule has 2 aromatic carbocycles. The lowest BCUT2D eigenvalue weighted by molar-refractivity contribution is -0.137. The third-order valence-corrected chi connectivity index (χ3v) is 6.35. The van der Waals surface area contributed by atoms with Crippen LogP contribution in [-0.4, -0.2) is 54.8 Å². The summed E-state index contributed by atoms with van der Waals surface area (Å²) in [5, 5.41) is 7.46. The second kappa shape index (κ2) is 10.9. The van der Waals surface area contributed by atoms with Crippen LogP contribution in [0.25, 0.3) is 10.9 Å². The van der Waals surface area contributed by atoms with Gasteiger partial charge in [0.25, 0.3) is 0 Å². The van der Waals surface area contributed by atoms with Gasteiger partial charge in [0, 0.05) is 66.3 Å². The van der Waals surface area contributed by atoms with Crippen LogP contribution in [0, 0.1) is 0 Å². The number of carbonyl (C=O) groups excluding carboxylic acids is 1. The molecule has 0 saturated carbocycles. The molecular weight excluding hydrogens is 519 g/mol. The molecule has 0 radical (unpaired) electrons. The largest absolute Gasteiger partial charge is 0.444 e. The number of hydrogen-bond acceptors (Lipinski definition) is 6. The number of nitrogens with zero attached hydrogens (tertiary/aromatic N) is 3. The number of anilines is 3. The summed E-state index contributed by atoms with van der Waals surface area (Å²) in [7, 11) is 1.78. The predicted molar refractivity (Wildman–Crippen MR) is 144 cm³/mol. The molecule has 0 atom stereocenters. The van der Waals surface area contributed by atoms with Gasteiger partial charge in [-0.2, -0.15) is 13.2 Å². The smallest absolute Gasteiger partial charge is 0.418 e. The number of nitrogens with one attached hydrogen (secondary N) is 2. The number of fused-ring (bicyclic) bond motifs is 1. The number of ether oxygens (including phenoxy) is 1. The Labute approximate surface area is 224 Å². The summed E-state index contributed by atoms with van der Waals surface area (Å²) in [4.78, 5) is 20.0. The fraction of sp³-hybridized carbons (Fsp3) is 0.407. The first-order valence-corrected chi connectivity index (χ1v) is 12.7. The van der Waals surface area contributed by atoms with E-state index in [0.717, 1.165) is 11.6 Å². The molecule has 1 saturated heterocycles. The van der Waals surface area contributed by atoms with Crippen molar-refractivity contribution in [1.29, 1.82) is 0 Å². The molecule has 4 rings (SSSR count). The van der Waals surface area contributed by atoms with E-state index in [9.17, 15) is 18.0 Å². The fourth-order valence-electron chi connectivity index (χ4n) is 4.40. The predicted octanol–water partition coefficient (Wildman–Crippen LogP) is 6.43. The first-order valence-electron chi connectivity index (χ1n) is 12.3. The van der Waals surface area contributed by atoms with Gasteiger partial charge in [-0.3, -0.25) is 4.98 Å². The molecule has 1 aromatic heterocycles. The summed E-state index contributed by atoms with van der Waals surface area (Å²) in [5.41, 5.74) is 1.08. The van der Waals surface area contributed by atoms with E-state index in [2.05, 4.69) is 15.6 Å². The number of halogens is 4. The number of aromatic nitrogens is 1. The topological polar surface area (TPSA) is 69.7 Å². The van der Waals surface area contributed by atoms with E-state index in [-0.39, 0.29) is 31.9 Å². The van der Waals surface area contributed by atoms with Crippen LogP contribution in [0.3, 0.4) is 0 Å².